The van der Waals surface area contributed by atoms with Gasteiger partial charge in [0, 0.05) is 0 Å². The van der Waals surface area contributed by atoms with E-state index in [2.05, 4.69) is 46.8 Å². The van der Waals surface area contributed by atoms with Crippen LogP contribution in [0.2, 0.25) is 0 Å². The Balaban J connectivity index is 0. The zero-order valence-corrected chi connectivity index (χ0v) is 17.5. The van der Waals surface area contributed by atoms with Gasteiger partial charge in [0.1, 0.15) is 5.59 Å². The summed E-state index contributed by atoms with van der Waals surface area (Å²) < 4.78 is 0. The molecule has 2 nitrogen and oxygen atoms in total. The molecule has 0 spiro atoms. The van der Waals surface area contributed by atoms with E-state index in [4.69, 9.17) is 10.5 Å². The number of nitroso groups, excluding NO2 is 1. The third kappa shape index (κ3) is 10.3. The molecule has 0 bridgehead atoms. The maximum Gasteiger partial charge on any atom is 2.00 e. The molecule has 0 unspecified atom stereocenters. The molecule has 0 N–H and O–H groups in total. The summed E-state index contributed by atoms with van der Waals surface area (Å²) in [5.41, 5.74) is 5.75. The average molecular weight is 415 g/mol. The van der Waals surface area contributed by atoms with Gasteiger partial charge in [-0.1, -0.05) is 34.6 Å². The summed E-state index contributed by atoms with van der Waals surface area (Å²) in [5.74, 6) is 7.34. The molecule has 1 aliphatic rings. The minimum absolute atomic E-state index is 0. The molecule has 6 radical (unpaired) electrons. The smallest absolute Gasteiger partial charge is 0.184 e. The molecule has 0 aliphatic heterocycles. The summed E-state index contributed by atoms with van der Waals surface area (Å²) in [7, 11) is 0. The van der Waals surface area contributed by atoms with Crippen LogP contribution in [0.4, 0.5) is 0 Å². The number of hydrogen-bond acceptors (Lipinski definition) is 1. The van der Waals surface area contributed by atoms with Gasteiger partial charge in [-0.05, 0) is 29.6 Å². The van der Waals surface area contributed by atoms with Crippen molar-refractivity contribution in [1.29, 1.82) is 0 Å². The first-order valence-electron chi connectivity index (χ1n) is 7.75. The van der Waals surface area contributed by atoms with Crippen LogP contribution in [0.3, 0.4) is 0 Å². The van der Waals surface area contributed by atoms with E-state index in [9.17, 15) is 0 Å². The molecule has 0 atom stereocenters. The monoisotopic (exact) mass is 417 g/mol. The minimum Gasteiger partial charge on any atom is -0.184 e. The summed E-state index contributed by atoms with van der Waals surface area (Å²) in [5, 5.41) is 0. The third-order valence-electron chi connectivity index (χ3n) is 4.03. The van der Waals surface area contributed by atoms with E-state index in [1.807, 2.05) is 60.7 Å². The van der Waals surface area contributed by atoms with Crippen molar-refractivity contribution >= 4 is 0 Å². The zero-order chi connectivity index (χ0) is 18.4. The SMILES string of the molecule is C[C]1[C](C)[C](C)[C](C)[C]1C.[Mo+2].[N]=O.[c-]1ccccc1.[c-]1ccccc1. The summed E-state index contributed by atoms with van der Waals surface area (Å²) in [6.07, 6.45) is 0. The van der Waals surface area contributed by atoms with Gasteiger partial charge in [-0.25, -0.2) is 0 Å². The molecule has 0 heterocycles. The first kappa shape index (κ1) is 26.0. The van der Waals surface area contributed by atoms with Crippen LogP contribution in [0.5, 0.6) is 0 Å². The van der Waals surface area contributed by atoms with Gasteiger partial charge in [0.2, 0.25) is 0 Å². The van der Waals surface area contributed by atoms with Crippen LogP contribution in [0, 0.1) is 46.6 Å². The average Bonchev–Trinajstić information content (AvgIpc) is 2.85. The second kappa shape index (κ2) is 16.2. The van der Waals surface area contributed by atoms with Crippen molar-refractivity contribution in [1.82, 2.24) is 5.59 Å². The van der Waals surface area contributed by atoms with Crippen LogP contribution < -0.4 is 5.59 Å². The Morgan fingerprint density at radius 1 is 0.520 bits per heavy atom. The van der Waals surface area contributed by atoms with Crippen molar-refractivity contribution in [3.05, 3.63) is 107 Å². The van der Waals surface area contributed by atoms with E-state index >= 15 is 0 Å². The largest absolute Gasteiger partial charge is 2.00 e. The third-order valence-corrected chi connectivity index (χ3v) is 4.03. The van der Waals surface area contributed by atoms with Crippen LogP contribution in [-0.4, -0.2) is 0 Å². The van der Waals surface area contributed by atoms with Crippen LogP contribution in [0.15, 0.2) is 60.7 Å². The molecule has 0 saturated heterocycles. The van der Waals surface area contributed by atoms with Crippen molar-refractivity contribution in [3.63, 3.8) is 0 Å². The molecule has 0 amide bonds. The zero-order valence-electron chi connectivity index (χ0n) is 15.5. The Kier molecular flexibility index (Phi) is 16.8. The molecule has 3 heteroatoms. The number of hydrogen-bond donors (Lipinski definition) is 0. The molecule has 2 aromatic carbocycles. The number of nitrogens with zero attached hydrogens (tertiary/aromatic N) is 1. The second-order valence-electron chi connectivity index (χ2n) is 5.28. The normalized spacial score (nSPS) is 15.4. The first-order valence-corrected chi connectivity index (χ1v) is 7.75. The van der Waals surface area contributed by atoms with E-state index in [0.717, 1.165) is 0 Å². The van der Waals surface area contributed by atoms with E-state index in [-0.39, 0.29) is 21.1 Å². The predicted octanol–water partition coefficient (Wildman–Crippen LogP) is 5.50. The van der Waals surface area contributed by atoms with Gasteiger partial charge < -0.3 is 0 Å². The Bertz CT molecular complexity index is 364. The topological polar surface area (TPSA) is 39.4 Å². The van der Waals surface area contributed by atoms with Crippen molar-refractivity contribution < 1.29 is 21.1 Å². The van der Waals surface area contributed by atoms with Crippen molar-refractivity contribution in [3.8, 4) is 0 Å². The van der Waals surface area contributed by atoms with Gasteiger partial charge in [0.15, 0.2) is 0 Å². The maximum atomic E-state index is 7.25. The molecule has 1 aliphatic carbocycles. The van der Waals surface area contributed by atoms with E-state index < -0.39 is 0 Å². The molecular weight excluding hydrogens is 390 g/mol. The molecule has 25 heavy (non-hydrogen) atoms. The quantitative estimate of drug-likeness (QED) is 0.414. The van der Waals surface area contributed by atoms with Gasteiger partial charge in [0.25, 0.3) is 0 Å². The predicted molar refractivity (Wildman–Crippen MR) is 101 cm³/mol. The molecule has 130 valence electrons. The molecule has 3 rings (SSSR count). The molecule has 2 aromatic rings. The Morgan fingerprint density at radius 2 is 0.720 bits per heavy atom. The Labute approximate surface area is 168 Å². The van der Waals surface area contributed by atoms with E-state index in [1.54, 1.807) is 0 Å². The summed E-state index contributed by atoms with van der Waals surface area (Å²) >= 11 is 0. The van der Waals surface area contributed by atoms with Crippen LogP contribution >= 0.6 is 0 Å². The molecular formula is C22H25MoNO. The fourth-order valence-corrected chi connectivity index (χ4v) is 2.09. The van der Waals surface area contributed by atoms with Crippen LogP contribution in [0.1, 0.15) is 34.6 Å². The van der Waals surface area contributed by atoms with Gasteiger partial charge in [-0.2, -0.15) is 72.8 Å². The van der Waals surface area contributed by atoms with E-state index in [1.165, 1.54) is 29.6 Å². The maximum absolute atomic E-state index is 7.25. The van der Waals surface area contributed by atoms with Gasteiger partial charge >= 0.3 is 21.1 Å². The standard InChI is InChI=1S/C10H15.2C6H5.Mo.NO/c1-6-7(2)9(4)10(5)8(6)3;2*1-2-4-6-5-3-1;;1-2/h1-5H3;2*1-5H;;/q;2*-1;+2;. The second-order valence-corrected chi connectivity index (χ2v) is 5.28. The van der Waals surface area contributed by atoms with E-state index in [0.29, 0.717) is 0 Å². The summed E-state index contributed by atoms with van der Waals surface area (Å²) in [6.45, 7) is 11.0. The number of rotatable bonds is 0. The first-order chi connectivity index (χ1) is 11.6. The molecule has 1 saturated carbocycles. The summed E-state index contributed by atoms with van der Waals surface area (Å²) in [6, 6.07) is 25.0. The van der Waals surface area contributed by atoms with Gasteiger partial charge in [-0.15, -0.1) is 4.91 Å². The van der Waals surface area contributed by atoms with Gasteiger partial charge in [0.05, 0.1) is 0 Å². The molecule has 0 aromatic heterocycles. The van der Waals surface area contributed by atoms with Crippen molar-refractivity contribution in [2.45, 2.75) is 34.6 Å². The molecule has 1 fully saturated rings. The number of benzene rings is 2. The van der Waals surface area contributed by atoms with Crippen molar-refractivity contribution in [2.24, 2.45) is 0 Å². The summed E-state index contributed by atoms with van der Waals surface area (Å²) in [4.78, 5) is 7.25. The Morgan fingerprint density at radius 3 is 0.800 bits per heavy atom. The Hall–Kier alpha value is -1.27. The fraction of sp³-hybridized carbons (Fsp3) is 0.227. The minimum atomic E-state index is 0. The fourth-order valence-electron chi connectivity index (χ4n) is 2.09. The van der Waals surface area contributed by atoms with Crippen LogP contribution in [-0.2, 0) is 21.1 Å². The van der Waals surface area contributed by atoms with Crippen LogP contribution in [0.25, 0.3) is 0 Å². The van der Waals surface area contributed by atoms with Gasteiger partial charge in [-0.3, -0.25) is 0 Å². The van der Waals surface area contributed by atoms with Crippen molar-refractivity contribution in [2.75, 3.05) is 0 Å².